The van der Waals surface area contributed by atoms with Gasteiger partial charge in [-0.2, -0.15) is 0 Å². The van der Waals surface area contributed by atoms with Crippen molar-refractivity contribution in [2.45, 2.75) is 46.1 Å². The predicted molar refractivity (Wildman–Crippen MR) is 84.5 cm³/mol. The van der Waals surface area contributed by atoms with Gasteiger partial charge in [-0.05, 0) is 39.8 Å². The molecule has 1 atom stereocenters. The van der Waals surface area contributed by atoms with Crippen LogP contribution in [0.4, 0.5) is 0 Å². The van der Waals surface area contributed by atoms with Gasteiger partial charge in [-0.15, -0.1) is 0 Å². The molecule has 0 aliphatic heterocycles. The Hall–Kier alpha value is -1.55. The molecule has 0 saturated heterocycles. The van der Waals surface area contributed by atoms with Crippen molar-refractivity contribution in [3.05, 3.63) is 29.8 Å². The van der Waals surface area contributed by atoms with Crippen molar-refractivity contribution in [3.63, 3.8) is 0 Å². The lowest BCUT2D eigenvalue weighted by Crippen LogP contribution is -2.42. The smallest absolute Gasteiger partial charge is 0.307 e. The van der Waals surface area contributed by atoms with Crippen LogP contribution < -0.4 is 10.1 Å². The normalized spacial score (nSPS) is 13.5. The highest BCUT2D eigenvalue weighted by Crippen LogP contribution is 2.33. The Bertz CT molecular complexity index is 447. The van der Waals surface area contributed by atoms with Crippen LogP contribution in [0, 0.1) is 0 Å². The van der Waals surface area contributed by atoms with Gasteiger partial charge in [0.1, 0.15) is 5.75 Å². The van der Waals surface area contributed by atoms with E-state index in [1.54, 1.807) is 0 Å². The lowest BCUT2D eigenvalue weighted by atomic mass is 9.87. The molecule has 1 aromatic rings. The van der Waals surface area contributed by atoms with Crippen LogP contribution in [0.3, 0.4) is 0 Å². The van der Waals surface area contributed by atoms with Crippen LogP contribution in [0.25, 0.3) is 0 Å². The lowest BCUT2D eigenvalue weighted by molar-refractivity contribution is -0.144. The maximum atomic E-state index is 12.0. The van der Waals surface area contributed by atoms with Crippen LogP contribution in [-0.2, 0) is 15.1 Å². The second-order valence-corrected chi connectivity index (χ2v) is 5.17. The summed E-state index contributed by atoms with van der Waals surface area (Å²) in [6, 6.07) is 7.86. The SMILES string of the molecule is CCCNC(C)(CC(=O)OCC)c1ccccc1OCC. The van der Waals surface area contributed by atoms with E-state index in [0.717, 1.165) is 24.3 Å². The van der Waals surface area contributed by atoms with Crippen molar-refractivity contribution in [2.75, 3.05) is 19.8 Å². The van der Waals surface area contributed by atoms with Crippen LogP contribution in [0.5, 0.6) is 5.75 Å². The molecule has 0 aromatic heterocycles. The first-order valence-electron chi connectivity index (χ1n) is 7.70. The highest BCUT2D eigenvalue weighted by atomic mass is 16.5. The highest BCUT2D eigenvalue weighted by molar-refractivity contribution is 5.71. The maximum absolute atomic E-state index is 12.0. The number of nitrogens with one attached hydrogen (secondary N) is 1. The molecule has 118 valence electrons. The summed E-state index contributed by atoms with van der Waals surface area (Å²) in [5.74, 6) is 0.616. The van der Waals surface area contributed by atoms with Crippen molar-refractivity contribution >= 4 is 5.97 Å². The van der Waals surface area contributed by atoms with E-state index in [-0.39, 0.29) is 12.4 Å². The van der Waals surface area contributed by atoms with E-state index in [9.17, 15) is 4.79 Å². The molecule has 4 nitrogen and oxygen atoms in total. The Balaban J connectivity index is 3.08. The van der Waals surface area contributed by atoms with Crippen LogP contribution in [0.15, 0.2) is 24.3 Å². The molecule has 0 aliphatic rings. The van der Waals surface area contributed by atoms with Crippen LogP contribution in [0.2, 0.25) is 0 Å². The van der Waals surface area contributed by atoms with Gasteiger partial charge in [0, 0.05) is 5.56 Å². The van der Waals surface area contributed by atoms with E-state index in [1.807, 2.05) is 45.0 Å². The Morgan fingerprint density at radius 2 is 1.90 bits per heavy atom. The average molecular weight is 293 g/mol. The van der Waals surface area contributed by atoms with Gasteiger partial charge in [-0.1, -0.05) is 25.1 Å². The van der Waals surface area contributed by atoms with Gasteiger partial charge < -0.3 is 14.8 Å². The number of ether oxygens (including phenoxy) is 2. The van der Waals surface area contributed by atoms with E-state index < -0.39 is 5.54 Å². The molecule has 4 heteroatoms. The first kappa shape index (κ1) is 17.5. The number of esters is 1. The van der Waals surface area contributed by atoms with E-state index in [2.05, 4.69) is 12.2 Å². The monoisotopic (exact) mass is 293 g/mol. The molecule has 1 unspecified atom stereocenters. The van der Waals surface area contributed by atoms with Crippen molar-refractivity contribution in [3.8, 4) is 5.75 Å². The topological polar surface area (TPSA) is 47.6 Å². The maximum Gasteiger partial charge on any atom is 0.307 e. The number of para-hydroxylation sites is 1. The van der Waals surface area contributed by atoms with Crippen molar-refractivity contribution in [1.82, 2.24) is 5.32 Å². The minimum atomic E-state index is -0.492. The molecule has 0 saturated carbocycles. The molecule has 1 aromatic carbocycles. The molecular weight excluding hydrogens is 266 g/mol. The lowest BCUT2D eigenvalue weighted by Gasteiger charge is -2.32. The first-order valence-corrected chi connectivity index (χ1v) is 7.70. The summed E-state index contributed by atoms with van der Waals surface area (Å²) in [6.45, 7) is 9.73. The zero-order chi connectivity index (χ0) is 15.7. The summed E-state index contributed by atoms with van der Waals surface area (Å²) < 4.78 is 10.8. The molecule has 21 heavy (non-hydrogen) atoms. The third-order valence-corrected chi connectivity index (χ3v) is 3.35. The number of hydrogen-bond donors (Lipinski definition) is 1. The Labute approximate surface area is 127 Å². The van der Waals surface area contributed by atoms with Crippen molar-refractivity contribution in [1.29, 1.82) is 0 Å². The zero-order valence-corrected chi connectivity index (χ0v) is 13.6. The second-order valence-electron chi connectivity index (χ2n) is 5.17. The summed E-state index contributed by atoms with van der Waals surface area (Å²) in [7, 11) is 0. The number of benzene rings is 1. The Kier molecular flexibility index (Phi) is 7.23. The largest absolute Gasteiger partial charge is 0.494 e. The van der Waals surface area contributed by atoms with E-state index in [1.165, 1.54) is 0 Å². The second kappa shape index (κ2) is 8.67. The molecule has 0 amide bonds. The summed E-state index contributed by atoms with van der Waals surface area (Å²) in [6.07, 6.45) is 1.28. The molecule has 0 heterocycles. The Morgan fingerprint density at radius 1 is 1.19 bits per heavy atom. The van der Waals surface area contributed by atoms with Gasteiger partial charge in [-0.25, -0.2) is 0 Å². The van der Waals surface area contributed by atoms with E-state index in [4.69, 9.17) is 9.47 Å². The van der Waals surface area contributed by atoms with Gasteiger partial charge in [0.15, 0.2) is 0 Å². The summed E-state index contributed by atoms with van der Waals surface area (Å²) >= 11 is 0. The molecule has 1 rings (SSSR count). The zero-order valence-electron chi connectivity index (χ0n) is 13.6. The number of hydrogen-bond acceptors (Lipinski definition) is 4. The average Bonchev–Trinajstić information content (AvgIpc) is 2.46. The number of carbonyl (C=O) groups excluding carboxylic acids is 1. The molecule has 0 aliphatic carbocycles. The highest BCUT2D eigenvalue weighted by Gasteiger charge is 2.32. The summed E-state index contributed by atoms with van der Waals surface area (Å²) in [5, 5.41) is 3.47. The fourth-order valence-electron chi connectivity index (χ4n) is 2.36. The fourth-order valence-corrected chi connectivity index (χ4v) is 2.36. The number of carbonyl (C=O) groups is 1. The van der Waals surface area contributed by atoms with Crippen molar-refractivity contribution < 1.29 is 14.3 Å². The fraction of sp³-hybridized carbons (Fsp3) is 0.588. The van der Waals surface area contributed by atoms with Crippen molar-refractivity contribution in [2.24, 2.45) is 0 Å². The molecule has 0 spiro atoms. The minimum Gasteiger partial charge on any atom is -0.494 e. The van der Waals surface area contributed by atoms with Gasteiger partial charge in [-0.3, -0.25) is 4.79 Å². The van der Waals surface area contributed by atoms with E-state index >= 15 is 0 Å². The summed E-state index contributed by atoms with van der Waals surface area (Å²) in [4.78, 5) is 12.0. The quantitative estimate of drug-likeness (QED) is 0.710. The van der Waals surface area contributed by atoms with Crippen LogP contribution in [-0.4, -0.2) is 25.7 Å². The summed E-state index contributed by atoms with van der Waals surface area (Å²) in [5.41, 5.74) is 0.502. The van der Waals surface area contributed by atoms with Gasteiger partial charge >= 0.3 is 5.97 Å². The third-order valence-electron chi connectivity index (χ3n) is 3.35. The van der Waals surface area contributed by atoms with Crippen LogP contribution >= 0.6 is 0 Å². The van der Waals surface area contributed by atoms with Gasteiger partial charge in [0.2, 0.25) is 0 Å². The van der Waals surface area contributed by atoms with Crippen LogP contribution in [0.1, 0.15) is 46.1 Å². The molecule has 1 N–H and O–H groups in total. The Morgan fingerprint density at radius 3 is 2.52 bits per heavy atom. The molecule has 0 bridgehead atoms. The van der Waals surface area contributed by atoms with Gasteiger partial charge in [0.05, 0.1) is 25.2 Å². The first-order chi connectivity index (χ1) is 10.1. The molecule has 0 fully saturated rings. The number of rotatable bonds is 9. The standard InChI is InChI=1S/C17H27NO3/c1-5-12-18-17(4,13-16(19)21-7-3)14-10-8-9-11-15(14)20-6-2/h8-11,18H,5-7,12-13H2,1-4H3. The minimum absolute atomic E-state index is 0.199. The molecule has 0 radical (unpaired) electrons. The third kappa shape index (κ3) is 5.05. The van der Waals surface area contributed by atoms with E-state index in [0.29, 0.717) is 13.2 Å². The molecular formula is C17H27NO3. The van der Waals surface area contributed by atoms with Gasteiger partial charge in [0.25, 0.3) is 0 Å². The predicted octanol–water partition coefficient (Wildman–Crippen LogP) is 3.25.